The molecule has 2 N–H and O–H groups in total. The molecule has 0 spiro atoms. The standard InChI is InChI=1S/C29H25FN2O5/c1-36-23-12-9-18(15-24(23)37-2)26-25(27(33)17-7-10-20(30)11-8-17)28(34)29(35)32(26)14-13-19-16-31-22-6-4-3-5-21(19)22/h3-12,15-16,26,31,33H,13-14H2,1-2H3. The zero-order valence-electron chi connectivity index (χ0n) is 20.3. The molecule has 0 radical (unpaired) electrons. The first-order valence-corrected chi connectivity index (χ1v) is 11.7. The summed E-state index contributed by atoms with van der Waals surface area (Å²) in [7, 11) is 3.01. The molecule has 1 unspecified atom stereocenters. The van der Waals surface area contributed by atoms with Gasteiger partial charge in [0.25, 0.3) is 11.7 Å². The second-order valence-electron chi connectivity index (χ2n) is 8.72. The molecule has 1 aromatic heterocycles. The average molecular weight is 501 g/mol. The van der Waals surface area contributed by atoms with Crippen LogP contribution in [0.1, 0.15) is 22.7 Å². The number of methoxy groups -OCH3 is 2. The van der Waals surface area contributed by atoms with Crippen molar-refractivity contribution in [3.05, 3.63) is 101 Å². The number of aliphatic hydroxyl groups is 1. The summed E-state index contributed by atoms with van der Waals surface area (Å²) in [5, 5.41) is 12.2. The molecule has 3 aromatic carbocycles. The van der Waals surface area contributed by atoms with Gasteiger partial charge in [-0.05, 0) is 60.0 Å². The predicted octanol–water partition coefficient (Wildman–Crippen LogP) is 4.99. The molecule has 1 aliphatic heterocycles. The smallest absolute Gasteiger partial charge is 0.295 e. The molecule has 0 saturated carbocycles. The van der Waals surface area contributed by atoms with Gasteiger partial charge < -0.3 is 24.5 Å². The summed E-state index contributed by atoms with van der Waals surface area (Å²) in [5.41, 5.74) is 2.72. The van der Waals surface area contributed by atoms with Crippen LogP contribution in [0, 0.1) is 5.82 Å². The van der Waals surface area contributed by atoms with Gasteiger partial charge in [0.15, 0.2) is 11.5 Å². The van der Waals surface area contributed by atoms with Crippen LogP contribution in [-0.2, 0) is 16.0 Å². The van der Waals surface area contributed by atoms with Crippen LogP contribution < -0.4 is 9.47 Å². The van der Waals surface area contributed by atoms with Crippen LogP contribution in [-0.4, -0.2) is 47.4 Å². The fourth-order valence-corrected chi connectivity index (χ4v) is 4.82. The van der Waals surface area contributed by atoms with Gasteiger partial charge in [-0.2, -0.15) is 0 Å². The number of para-hydroxylation sites is 1. The zero-order chi connectivity index (χ0) is 26.1. The molecule has 4 aromatic rings. The number of rotatable bonds is 7. The van der Waals surface area contributed by atoms with Gasteiger partial charge in [0, 0.05) is 29.2 Å². The van der Waals surface area contributed by atoms with Crippen molar-refractivity contribution in [2.75, 3.05) is 20.8 Å². The zero-order valence-corrected chi connectivity index (χ0v) is 20.3. The third-order valence-electron chi connectivity index (χ3n) is 6.68. The van der Waals surface area contributed by atoms with Gasteiger partial charge in [-0.3, -0.25) is 9.59 Å². The van der Waals surface area contributed by atoms with Crippen molar-refractivity contribution in [1.29, 1.82) is 0 Å². The maximum atomic E-state index is 13.5. The van der Waals surface area contributed by atoms with E-state index in [4.69, 9.17) is 9.47 Å². The van der Waals surface area contributed by atoms with Gasteiger partial charge in [-0.15, -0.1) is 0 Å². The van der Waals surface area contributed by atoms with Crippen LogP contribution in [0.15, 0.2) is 78.5 Å². The van der Waals surface area contributed by atoms with E-state index in [0.29, 0.717) is 23.5 Å². The van der Waals surface area contributed by atoms with Gasteiger partial charge in [-0.1, -0.05) is 24.3 Å². The number of nitrogens with zero attached hydrogens (tertiary/aromatic N) is 1. The Labute approximate surface area is 212 Å². The van der Waals surface area contributed by atoms with E-state index >= 15 is 0 Å². The molecule has 1 amide bonds. The highest BCUT2D eigenvalue weighted by Gasteiger charge is 2.46. The second kappa shape index (κ2) is 9.81. The third-order valence-corrected chi connectivity index (χ3v) is 6.68. The van der Waals surface area contributed by atoms with Crippen molar-refractivity contribution in [3.8, 4) is 11.5 Å². The number of halogens is 1. The Hall–Kier alpha value is -4.59. The summed E-state index contributed by atoms with van der Waals surface area (Å²) in [4.78, 5) is 31.3. The van der Waals surface area contributed by atoms with Crippen LogP contribution in [0.2, 0.25) is 0 Å². The predicted molar refractivity (Wildman–Crippen MR) is 137 cm³/mol. The summed E-state index contributed by atoms with van der Waals surface area (Å²) in [6, 6.07) is 17.2. The lowest BCUT2D eigenvalue weighted by Gasteiger charge is -2.26. The molecule has 7 nitrogen and oxygen atoms in total. The Bertz CT molecular complexity index is 1520. The summed E-state index contributed by atoms with van der Waals surface area (Å²) < 4.78 is 24.3. The number of hydrogen-bond acceptors (Lipinski definition) is 5. The van der Waals surface area contributed by atoms with Crippen LogP contribution in [0.3, 0.4) is 0 Å². The van der Waals surface area contributed by atoms with E-state index in [1.807, 2.05) is 30.5 Å². The monoisotopic (exact) mass is 500 g/mol. The van der Waals surface area contributed by atoms with Crippen LogP contribution in [0.25, 0.3) is 16.7 Å². The average Bonchev–Trinajstić information content (AvgIpc) is 3.45. The summed E-state index contributed by atoms with van der Waals surface area (Å²) >= 11 is 0. The first-order chi connectivity index (χ1) is 17.9. The number of aromatic nitrogens is 1. The van der Waals surface area contributed by atoms with Crippen LogP contribution in [0.5, 0.6) is 11.5 Å². The Morgan fingerprint density at radius 1 is 1.00 bits per heavy atom. The number of benzene rings is 3. The topological polar surface area (TPSA) is 91.9 Å². The van der Waals surface area contributed by atoms with Crippen molar-refractivity contribution in [2.24, 2.45) is 0 Å². The highest BCUT2D eigenvalue weighted by atomic mass is 19.1. The maximum absolute atomic E-state index is 13.5. The van der Waals surface area contributed by atoms with Crippen molar-refractivity contribution >= 4 is 28.4 Å². The van der Waals surface area contributed by atoms with Gasteiger partial charge in [0.1, 0.15) is 11.6 Å². The van der Waals surface area contributed by atoms with Crippen molar-refractivity contribution < 1.29 is 28.6 Å². The minimum absolute atomic E-state index is 0.0669. The Morgan fingerprint density at radius 3 is 2.46 bits per heavy atom. The third kappa shape index (κ3) is 4.31. The van der Waals surface area contributed by atoms with E-state index in [-0.39, 0.29) is 23.4 Å². The van der Waals surface area contributed by atoms with Gasteiger partial charge >= 0.3 is 0 Å². The number of ketones is 1. The molecule has 1 atom stereocenters. The highest BCUT2D eigenvalue weighted by molar-refractivity contribution is 6.46. The lowest BCUT2D eigenvalue weighted by molar-refractivity contribution is -0.139. The molecular formula is C29H25FN2O5. The number of aromatic amines is 1. The molecule has 1 fully saturated rings. The van der Waals surface area contributed by atoms with Gasteiger partial charge in [0.05, 0.1) is 25.8 Å². The summed E-state index contributed by atoms with van der Waals surface area (Å²) in [6.45, 7) is 0.228. The minimum Gasteiger partial charge on any atom is -0.507 e. The molecule has 188 valence electrons. The van der Waals surface area contributed by atoms with E-state index in [1.165, 1.54) is 43.4 Å². The summed E-state index contributed by atoms with van der Waals surface area (Å²) in [5.74, 6) is -1.46. The molecule has 2 heterocycles. The number of aliphatic hydroxyl groups excluding tert-OH is 1. The van der Waals surface area contributed by atoms with Crippen LogP contribution in [0.4, 0.5) is 4.39 Å². The Morgan fingerprint density at radius 2 is 1.73 bits per heavy atom. The van der Waals surface area contributed by atoms with Gasteiger partial charge in [0.2, 0.25) is 0 Å². The number of likely N-dealkylation sites (tertiary alicyclic amines) is 1. The van der Waals surface area contributed by atoms with Gasteiger partial charge in [-0.25, -0.2) is 4.39 Å². The minimum atomic E-state index is -0.880. The number of nitrogens with one attached hydrogen (secondary N) is 1. The number of carbonyl (C=O) groups is 2. The van der Waals surface area contributed by atoms with E-state index in [2.05, 4.69) is 4.98 Å². The molecule has 5 rings (SSSR count). The second-order valence-corrected chi connectivity index (χ2v) is 8.72. The number of amides is 1. The molecular weight excluding hydrogens is 475 g/mol. The van der Waals surface area contributed by atoms with Crippen molar-refractivity contribution in [1.82, 2.24) is 9.88 Å². The van der Waals surface area contributed by atoms with E-state index in [0.717, 1.165) is 16.5 Å². The fraction of sp³-hybridized carbons (Fsp3) is 0.172. The van der Waals surface area contributed by atoms with Crippen LogP contribution >= 0.6 is 0 Å². The number of hydrogen-bond donors (Lipinski definition) is 2. The fourth-order valence-electron chi connectivity index (χ4n) is 4.82. The number of fused-ring (bicyclic) bond motifs is 1. The van der Waals surface area contributed by atoms with E-state index in [1.54, 1.807) is 18.2 Å². The van der Waals surface area contributed by atoms with E-state index < -0.39 is 23.5 Å². The molecule has 37 heavy (non-hydrogen) atoms. The normalized spacial score (nSPS) is 16.9. The lowest BCUT2D eigenvalue weighted by atomic mass is 9.94. The summed E-state index contributed by atoms with van der Waals surface area (Å²) in [6.07, 6.45) is 2.38. The number of carbonyl (C=O) groups excluding carboxylic acids is 2. The maximum Gasteiger partial charge on any atom is 0.295 e. The number of H-pyrrole nitrogens is 1. The largest absolute Gasteiger partial charge is 0.507 e. The van der Waals surface area contributed by atoms with Crippen molar-refractivity contribution in [2.45, 2.75) is 12.5 Å². The van der Waals surface area contributed by atoms with E-state index in [9.17, 15) is 19.1 Å². The lowest BCUT2D eigenvalue weighted by Crippen LogP contribution is -2.31. The first kappa shape index (κ1) is 24.1. The molecule has 0 aliphatic carbocycles. The molecule has 1 aliphatic rings. The first-order valence-electron chi connectivity index (χ1n) is 11.7. The highest BCUT2D eigenvalue weighted by Crippen LogP contribution is 2.42. The quantitative estimate of drug-likeness (QED) is 0.212. The number of Topliss-reactive ketones (excluding diaryl/α,β-unsaturated/α-hetero) is 1. The SMILES string of the molecule is COc1ccc(C2C(=C(O)c3ccc(F)cc3)C(=O)C(=O)N2CCc2c[nH]c3ccccc23)cc1OC. The Balaban J connectivity index is 1.60. The number of ether oxygens (including phenoxy) is 2. The Kier molecular flexibility index (Phi) is 6.40. The molecule has 0 bridgehead atoms. The van der Waals surface area contributed by atoms with Crippen molar-refractivity contribution in [3.63, 3.8) is 0 Å². The molecule has 8 heteroatoms. The molecule has 1 saturated heterocycles.